The molecule has 0 bridgehead atoms. The van der Waals surface area contributed by atoms with Gasteiger partial charge in [-0.1, -0.05) is 36.4 Å². The van der Waals surface area contributed by atoms with Crippen molar-refractivity contribution in [1.29, 1.82) is 0 Å². The summed E-state index contributed by atoms with van der Waals surface area (Å²) in [6, 6.07) is 19.3. The van der Waals surface area contributed by atoms with E-state index >= 15 is 0 Å². The van der Waals surface area contributed by atoms with Crippen LogP contribution in [0.4, 0.5) is 0 Å². The molecule has 29 heavy (non-hydrogen) atoms. The number of esters is 1. The van der Waals surface area contributed by atoms with Crippen molar-refractivity contribution in [2.24, 2.45) is 0 Å². The first kappa shape index (κ1) is 19.9. The first-order chi connectivity index (χ1) is 14.1. The largest absolute Gasteiger partial charge is 0.493 e. The molecule has 0 radical (unpaired) electrons. The predicted octanol–water partition coefficient (Wildman–Crippen LogP) is 4.67. The van der Waals surface area contributed by atoms with Crippen molar-refractivity contribution in [2.45, 2.75) is 6.61 Å². The summed E-state index contributed by atoms with van der Waals surface area (Å²) in [6.45, 7) is 0.328. The fourth-order valence-corrected chi connectivity index (χ4v) is 2.68. The number of methoxy groups -OCH3 is 2. The Morgan fingerprint density at radius 1 is 0.897 bits per heavy atom. The van der Waals surface area contributed by atoms with Gasteiger partial charge < -0.3 is 18.9 Å². The highest BCUT2D eigenvalue weighted by Crippen LogP contribution is 2.37. The second-order valence-corrected chi connectivity index (χ2v) is 6.05. The van der Waals surface area contributed by atoms with E-state index in [-0.39, 0.29) is 11.3 Å². The summed E-state index contributed by atoms with van der Waals surface area (Å²) in [7, 11) is 2.81. The molecule has 6 nitrogen and oxygen atoms in total. The van der Waals surface area contributed by atoms with Crippen LogP contribution in [0.5, 0.6) is 23.0 Å². The number of hydrogen-bond acceptors (Lipinski definition) is 6. The number of rotatable bonds is 8. The van der Waals surface area contributed by atoms with E-state index in [0.29, 0.717) is 35.7 Å². The van der Waals surface area contributed by atoms with Crippen molar-refractivity contribution >= 4 is 12.3 Å². The van der Waals surface area contributed by atoms with Crippen molar-refractivity contribution < 1.29 is 28.5 Å². The van der Waals surface area contributed by atoms with Crippen molar-refractivity contribution in [2.75, 3.05) is 14.2 Å². The average Bonchev–Trinajstić information content (AvgIpc) is 2.78. The SMILES string of the molecule is COC(=O)c1cccc(Oc2cc(OCc3ccccc3)c(OC)cc2C=O)c1. The van der Waals surface area contributed by atoms with Gasteiger partial charge in [-0.2, -0.15) is 0 Å². The fraction of sp³-hybridized carbons (Fsp3) is 0.130. The third-order valence-corrected chi connectivity index (χ3v) is 4.14. The molecule has 0 unspecified atom stereocenters. The molecule has 0 heterocycles. The lowest BCUT2D eigenvalue weighted by Crippen LogP contribution is -2.02. The zero-order chi connectivity index (χ0) is 20.6. The maximum atomic E-state index is 11.7. The molecule has 0 aromatic heterocycles. The lowest BCUT2D eigenvalue weighted by Gasteiger charge is -2.15. The lowest BCUT2D eigenvalue weighted by atomic mass is 10.1. The van der Waals surface area contributed by atoms with Gasteiger partial charge in [-0.15, -0.1) is 0 Å². The molecule has 0 atom stereocenters. The lowest BCUT2D eigenvalue weighted by molar-refractivity contribution is 0.0600. The number of hydrogen-bond donors (Lipinski definition) is 0. The molecule has 0 fully saturated rings. The molecule has 0 spiro atoms. The summed E-state index contributed by atoms with van der Waals surface area (Å²) in [5.74, 6) is 1.04. The summed E-state index contributed by atoms with van der Waals surface area (Å²) in [4.78, 5) is 23.3. The highest BCUT2D eigenvalue weighted by Gasteiger charge is 2.15. The number of carbonyl (C=O) groups excluding carboxylic acids is 2. The van der Waals surface area contributed by atoms with Crippen LogP contribution in [0.3, 0.4) is 0 Å². The van der Waals surface area contributed by atoms with E-state index in [4.69, 9.17) is 18.9 Å². The molecule has 0 aliphatic carbocycles. The standard InChI is InChI=1S/C23H20O6/c1-26-21-12-18(14-24)20(13-22(21)28-15-16-7-4-3-5-8-16)29-19-10-6-9-17(11-19)23(25)27-2/h3-14H,15H2,1-2H3. The zero-order valence-corrected chi connectivity index (χ0v) is 16.1. The van der Waals surface area contributed by atoms with E-state index in [1.165, 1.54) is 20.3 Å². The minimum absolute atomic E-state index is 0.283. The Balaban J connectivity index is 1.89. The second kappa shape index (κ2) is 9.41. The minimum Gasteiger partial charge on any atom is -0.493 e. The topological polar surface area (TPSA) is 71.1 Å². The molecule has 0 N–H and O–H groups in total. The number of carbonyl (C=O) groups is 2. The molecule has 0 saturated heterocycles. The van der Waals surface area contributed by atoms with Crippen LogP contribution in [0.1, 0.15) is 26.3 Å². The molecule has 3 aromatic carbocycles. The van der Waals surface area contributed by atoms with Crippen LogP contribution in [0.25, 0.3) is 0 Å². The maximum Gasteiger partial charge on any atom is 0.337 e. The molecular formula is C23H20O6. The first-order valence-corrected chi connectivity index (χ1v) is 8.84. The van der Waals surface area contributed by atoms with Gasteiger partial charge in [0.15, 0.2) is 17.8 Å². The summed E-state index contributed by atoms with van der Waals surface area (Å²) >= 11 is 0. The van der Waals surface area contributed by atoms with Crippen LogP contribution in [0, 0.1) is 0 Å². The predicted molar refractivity (Wildman–Crippen MR) is 107 cm³/mol. The Kier molecular flexibility index (Phi) is 6.47. The normalized spacial score (nSPS) is 10.1. The molecular weight excluding hydrogens is 372 g/mol. The molecule has 0 amide bonds. The van der Waals surface area contributed by atoms with E-state index in [1.807, 2.05) is 30.3 Å². The average molecular weight is 392 g/mol. The Morgan fingerprint density at radius 3 is 2.38 bits per heavy atom. The molecule has 3 rings (SSSR count). The summed E-state index contributed by atoms with van der Waals surface area (Å²) < 4.78 is 21.8. The Hall–Kier alpha value is -3.80. The smallest absolute Gasteiger partial charge is 0.337 e. The van der Waals surface area contributed by atoms with E-state index in [0.717, 1.165) is 5.56 Å². The quantitative estimate of drug-likeness (QED) is 0.410. The van der Waals surface area contributed by atoms with Crippen LogP contribution in [0.2, 0.25) is 0 Å². The Bertz CT molecular complexity index is 998. The minimum atomic E-state index is -0.479. The van der Waals surface area contributed by atoms with Crippen LogP contribution in [-0.4, -0.2) is 26.5 Å². The Morgan fingerprint density at radius 2 is 1.69 bits per heavy atom. The molecule has 0 saturated carbocycles. The van der Waals surface area contributed by atoms with Crippen LogP contribution >= 0.6 is 0 Å². The molecule has 0 aliphatic rings. The number of ether oxygens (including phenoxy) is 4. The molecule has 6 heteroatoms. The maximum absolute atomic E-state index is 11.7. The van der Waals surface area contributed by atoms with Gasteiger partial charge in [0, 0.05) is 6.07 Å². The highest BCUT2D eigenvalue weighted by molar-refractivity contribution is 5.89. The van der Waals surface area contributed by atoms with Gasteiger partial charge in [0.2, 0.25) is 0 Å². The molecule has 0 aliphatic heterocycles. The Labute approximate surface area is 168 Å². The van der Waals surface area contributed by atoms with Gasteiger partial charge in [0.25, 0.3) is 0 Å². The van der Waals surface area contributed by atoms with Crippen molar-refractivity contribution in [1.82, 2.24) is 0 Å². The van der Waals surface area contributed by atoms with E-state index in [9.17, 15) is 9.59 Å². The van der Waals surface area contributed by atoms with Crippen LogP contribution in [-0.2, 0) is 11.3 Å². The first-order valence-electron chi connectivity index (χ1n) is 8.84. The molecule has 148 valence electrons. The third-order valence-electron chi connectivity index (χ3n) is 4.14. The van der Waals surface area contributed by atoms with Gasteiger partial charge in [-0.25, -0.2) is 4.79 Å². The summed E-state index contributed by atoms with van der Waals surface area (Å²) in [5.41, 5.74) is 1.62. The number of aldehydes is 1. The van der Waals surface area contributed by atoms with E-state index < -0.39 is 5.97 Å². The van der Waals surface area contributed by atoms with E-state index in [2.05, 4.69) is 0 Å². The third kappa shape index (κ3) is 4.93. The second-order valence-electron chi connectivity index (χ2n) is 6.05. The van der Waals surface area contributed by atoms with Crippen LogP contribution in [0.15, 0.2) is 66.7 Å². The van der Waals surface area contributed by atoms with Gasteiger partial charge in [0.05, 0.1) is 25.3 Å². The van der Waals surface area contributed by atoms with Crippen molar-refractivity contribution in [3.05, 3.63) is 83.4 Å². The summed E-state index contributed by atoms with van der Waals surface area (Å²) in [6.07, 6.45) is 0.670. The fourth-order valence-electron chi connectivity index (χ4n) is 2.68. The monoisotopic (exact) mass is 392 g/mol. The van der Waals surface area contributed by atoms with Crippen molar-refractivity contribution in [3.63, 3.8) is 0 Å². The highest BCUT2D eigenvalue weighted by atomic mass is 16.5. The number of benzene rings is 3. The summed E-state index contributed by atoms with van der Waals surface area (Å²) in [5, 5.41) is 0. The van der Waals surface area contributed by atoms with E-state index in [1.54, 1.807) is 30.3 Å². The molecule has 3 aromatic rings. The van der Waals surface area contributed by atoms with Gasteiger partial charge in [0.1, 0.15) is 18.1 Å². The van der Waals surface area contributed by atoms with Gasteiger partial charge in [-0.05, 0) is 29.8 Å². The zero-order valence-electron chi connectivity index (χ0n) is 16.1. The van der Waals surface area contributed by atoms with Gasteiger partial charge >= 0.3 is 5.97 Å². The van der Waals surface area contributed by atoms with Gasteiger partial charge in [-0.3, -0.25) is 4.79 Å². The van der Waals surface area contributed by atoms with Crippen LogP contribution < -0.4 is 14.2 Å². The van der Waals surface area contributed by atoms with Crippen molar-refractivity contribution in [3.8, 4) is 23.0 Å².